The molecule has 4 aromatic carbocycles. The first kappa shape index (κ1) is 92.8. The van der Waals surface area contributed by atoms with Gasteiger partial charge in [0.05, 0.1) is 78.5 Å². The van der Waals surface area contributed by atoms with E-state index in [4.69, 9.17) is 49.1 Å². The maximum Gasteiger partial charge on any atom is 0.498 e. The first-order valence-electron chi connectivity index (χ1n) is 40.4. The highest BCUT2D eigenvalue weighted by atomic mass is 35.5. The minimum Gasteiger partial charge on any atom is -0.399 e. The number of aromatic nitrogens is 14. The molecule has 42 heteroatoms. The fraction of sp³-hybridized carbons (Fsp3) is 0.419. The summed E-state index contributed by atoms with van der Waals surface area (Å²) in [4.78, 5) is 37.4. The largest absolute Gasteiger partial charge is 0.498 e. The summed E-state index contributed by atoms with van der Waals surface area (Å²) >= 11 is 19.6. The van der Waals surface area contributed by atoms with Crippen LogP contribution in [-0.2, 0) is 114 Å². The van der Waals surface area contributed by atoms with Crippen molar-refractivity contribution in [3.8, 4) is 33.5 Å². The zero-order valence-electron chi connectivity index (χ0n) is 70.4. The number of carbonyl (C=O) groups excluding carboxylic acids is 2. The van der Waals surface area contributed by atoms with Crippen LogP contribution in [0.15, 0.2) is 110 Å². The molecule has 17 rings (SSSR count). The highest BCUT2D eigenvalue weighted by Crippen LogP contribution is 2.70. The molecule has 128 heavy (non-hydrogen) atoms. The van der Waals surface area contributed by atoms with Crippen molar-refractivity contribution in [1.82, 2.24) is 68.7 Å². The van der Waals surface area contributed by atoms with Gasteiger partial charge in [-0.2, -0.15) is 74.5 Å². The van der Waals surface area contributed by atoms with E-state index in [0.717, 1.165) is 42.2 Å². The van der Waals surface area contributed by atoms with Crippen LogP contribution in [-0.4, -0.2) is 128 Å². The van der Waals surface area contributed by atoms with E-state index in [9.17, 15) is 70.3 Å². The third kappa shape index (κ3) is 18.4. The molecule has 5 aliphatic rings. The molecule has 9 heterocycles. The monoisotopic (exact) mass is 1880 g/mol. The van der Waals surface area contributed by atoms with Crippen molar-refractivity contribution < 1.29 is 97.2 Å². The third-order valence-corrected chi connectivity index (χ3v) is 26.3. The number of sulfone groups is 2. The molecule has 6 atom stereocenters. The van der Waals surface area contributed by atoms with Gasteiger partial charge in [-0.1, -0.05) is 53.0 Å². The summed E-state index contributed by atoms with van der Waals surface area (Å²) in [6.07, 6.45) is -2.66. The lowest BCUT2D eigenvalue weighted by atomic mass is 9.82. The molecular formula is C86H82BCl3F14N14O8S2. The van der Waals surface area contributed by atoms with Gasteiger partial charge in [0, 0.05) is 161 Å². The SMILES string of the molecule is CC(C)n1cc(-c2ccc(-c3ccc(Cl)c4c(CS(C)(=O)=O)nn(C)c34)c([C@@H](CC(=O)Cn3nc(C(F)(F)F)c4c3C(F)(F)[C@@H]3C[C@H]43)Cc3cc(F)cc(F)c3)n2)cn1.CC(C)n1cc(B2OC(C)(C)C(C)(C)O2)cn1.Cn1nc(CS(C)(=O)=O)c2c(Cl)ccc(-c3ccc(Cl)nc3[C@@H](CC(=O)Cn3nc(C(F)(F)F)c4c3C(F)(F)[C@@H]3C[C@H]43)Cc3cc(F)cc(F)c3)c21. The van der Waals surface area contributed by atoms with Crippen molar-refractivity contribution in [2.24, 2.45) is 25.9 Å². The van der Waals surface area contributed by atoms with Crippen LogP contribution < -0.4 is 5.46 Å². The predicted octanol–water partition coefficient (Wildman–Crippen LogP) is 18.9. The second-order valence-corrected chi connectivity index (χ2v) is 40.4. The number of hydrogen-bond donors (Lipinski definition) is 0. The molecule has 3 fully saturated rings. The fourth-order valence-corrected chi connectivity index (χ4v) is 19.5. The second kappa shape index (κ2) is 33.5. The molecule has 22 nitrogen and oxygen atoms in total. The van der Waals surface area contributed by atoms with Crippen molar-refractivity contribution in [2.75, 3.05) is 12.5 Å². The number of nitrogens with zero attached hydrogens (tertiary/aromatic N) is 14. The number of hydrogen-bond acceptors (Lipinski definition) is 16. The van der Waals surface area contributed by atoms with Gasteiger partial charge < -0.3 is 9.31 Å². The number of ketones is 2. The van der Waals surface area contributed by atoms with Crippen LogP contribution in [0.5, 0.6) is 0 Å². The van der Waals surface area contributed by atoms with E-state index in [1.807, 2.05) is 30.9 Å². The lowest BCUT2D eigenvalue weighted by molar-refractivity contribution is -0.143. The Balaban J connectivity index is 0.000000167. The summed E-state index contributed by atoms with van der Waals surface area (Å²) in [7, 11) is -4.30. The average Bonchev–Trinajstić information content (AvgIpc) is 1.52. The standard InChI is InChI=1S/C40H35ClF7N7O3S.C34H26Cl2F7N5O3S.C12H21BN2O2/c1-19(2)54-16-22(15-49-54)31-8-6-26(27-5-7-30(41)34-32(18-59(4,57)58)51-53(3)36(27)34)35(50-31)21(9-20-10-23(42)13-24(43)11-20)12-25(56)17-55-38-33(37(52-55)40(46,47)48)28-14-29(28)39(38,44)45;1-47-30-21(3-5-24(35)28(30)25(45-47)14-52(2,50)51)20-4-6-26(36)44-29(20)16(7-15-8-17(37)11-18(38)9-15)10-19(49)13-48-32-27(31(46-48)34(41,42)43)22-12-23(22)33(32,39)40;1-9(2)15-8-10(7-14-15)13-16-11(3,4)12(5,6)17-13/h5-8,10-11,13,15-16,19,21,28-29H,9,12,14,17-18H2,1-4H3;3-6,8-9,11,16,22-23H,7,10,12-14H2,1-2H3;7-9H,1-6H3/t21-,28+,29-;16-,22+,23-;/m11./s1. The summed E-state index contributed by atoms with van der Waals surface area (Å²) in [6.45, 7) is 14.4. The average molecular weight is 1890 g/mol. The molecular weight excluding hydrogens is 1800 g/mol. The van der Waals surface area contributed by atoms with E-state index in [0.29, 0.717) is 82.9 Å². The highest BCUT2D eigenvalue weighted by Gasteiger charge is 2.70. The first-order chi connectivity index (χ1) is 59.6. The lowest BCUT2D eigenvalue weighted by Crippen LogP contribution is -2.41. The van der Waals surface area contributed by atoms with Crippen LogP contribution in [0.1, 0.15) is 185 Å². The molecule has 2 saturated carbocycles. The van der Waals surface area contributed by atoms with E-state index < -0.39 is 186 Å². The van der Waals surface area contributed by atoms with Gasteiger partial charge in [-0.25, -0.2) is 39.4 Å². The number of carbonyl (C=O) groups is 2. The Morgan fingerprint density at radius 2 is 0.930 bits per heavy atom. The Bertz CT molecular complexity index is 6650. The van der Waals surface area contributed by atoms with E-state index in [1.165, 1.54) is 21.5 Å². The zero-order chi connectivity index (χ0) is 93.0. The molecule has 12 aromatic rings. The van der Waals surface area contributed by atoms with Crippen molar-refractivity contribution in [1.29, 1.82) is 0 Å². The maximum atomic E-state index is 15.5. The number of aryl methyl sites for hydroxylation is 2. The number of rotatable bonds is 24. The minimum absolute atomic E-state index is 0.0241. The van der Waals surface area contributed by atoms with E-state index in [1.54, 1.807) is 67.6 Å². The Morgan fingerprint density at radius 3 is 1.32 bits per heavy atom. The lowest BCUT2D eigenvalue weighted by Gasteiger charge is -2.32. The van der Waals surface area contributed by atoms with E-state index in [-0.39, 0.29) is 99.1 Å². The van der Waals surface area contributed by atoms with Gasteiger partial charge in [0.15, 0.2) is 42.6 Å². The molecule has 678 valence electrons. The van der Waals surface area contributed by atoms with Gasteiger partial charge in [0.2, 0.25) is 0 Å². The molecule has 4 aliphatic carbocycles. The Hall–Kier alpha value is -9.93. The highest BCUT2D eigenvalue weighted by molar-refractivity contribution is 7.90. The van der Waals surface area contributed by atoms with Crippen LogP contribution in [0, 0.1) is 35.1 Å². The van der Waals surface area contributed by atoms with Crippen molar-refractivity contribution in [3.05, 3.63) is 216 Å². The quantitative estimate of drug-likeness (QED) is 0.0309. The fourth-order valence-electron chi connectivity index (χ4n) is 17.5. The molecule has 8 aromatic heterocycles. The molecule has 0 N–H and O–H groups in total. The minimum atomic E-state index is -5.05. The van der Waals surface area contributed by atoms with Gasteiger partial charge >= 0.3 is 19.5 Å². The number of halogens is 17. The van der Waals surface area contributed by atoms with Gasteiger partial charge in [0.25, 0.3) is 11.8 Å². The Kier molecular flexibility index (Phi) is 24.3. The zero-order valence-corrected chi connectivity index (χ0v) is 74.3. The topological polar surface area (TPSA) is 254 Å². The van der Waals surface area contributed by atoms with Crippen LogP contribution >= 0.6 is 34.8 Å². The summed E-state index contributed by atoms with van der Waals surface area (Å²) in [5, 5.41) is 25.5. The van der Waals surface area contributed by atoms with Gasteiger partial charge in [-0.3, -0.25) is 42.7 Å². The van der Waals surface area contributed by atoms with Crippen molar-refractivity contribution >= 4 is 100 Å². The Labute approximate surface area is 739 Å². The molecule has 0 unspecified atom stereocenters. The number of benzene rings is 4. The van der Waals surface area contributed by atoms with Gasteiger partial charge in [-0.15, -0.1) is 0 Å². The van der Waals surface area contributed by atoms with Gasteiger partial charge in [0.1, 0.15) is 52.9 Å². The summed E-state index contributed by atoms with van der Waals surface area (Å²) in [6, 6.07) is 18.5. The molecule has 1 aliphatic heterocycles. The summed E-state index contributed by atoms with van der Waals surface area (Å²) in [5.41, 5.74) is -1.45. The summed E-state index contributed by atoms with van der Waals surface area (Å²) < 4.78 is 272. The molecule has 1 saturated heterocycles. The number of Topliss-reactive ketones (excluding diaryl/α,β-unsaturated/α-hetero) is 2. The predicted molar refractivity (Wildman–Crippen MR) is 449 cm³/mol. The normalized spacial score (nSPS) is 18.7. The molecule has 0 bridgehead atoms. The van der Waals surface area contributed by atoms with Crippen LogP contribution in [0.3, 0.4) is 0 Å². The Morgan fingerprint density at radius 1 is 0.539 bits per heavy atom. The first-order valence-corrected chi connectivity index (χ1v) is 45.6. The van der Waals surface area contributed by atoms with E-state index >= 15 is 17.6 Å². The number of alkyl halides is 10. The van der Waals surface area contributed by atoms with Crippen LogP contribution in [0.2, 0.25) is 15.2 Å². The molecule has 0 amide bonds. The summed E-state index contributed by atoms with van der Waals surface area (Å²) in [5.74, 6) is -20.2. The van der Waals surface area contributed by atoms with Crippen LogP contribution in [0.25, 0.3) is 55.3 Å². The number of fused-ring (bicyclic) bond motifs is 8. The smallest absolute Gasteiger partial charge is 0.399 e. The second-order valence-electron chi connectivity index (χ2n) is 34.9. The van der Waals surface area contributed by atoms with Crippen LogP contribution in [0.4, 0.5) is 61.5 Å². The van der Waals surface area contributed by atoms with Crippen molar-refractivity contribution in [3.63, 3.8) is 0 Å². The third-order valence-electron chi connectivity index (χ3n) is 23.9. The van der Waals surface area contributed by atoms with E-state index in [2.05, 4.69) is 77.1 Å². The molecule has 0 spiro atoms. The van der Waals surface area contributed by atoms with Crippen molar-refractivity contribution in [2.45, 2.75) is 190 Å². The molecule has 0 radical (unpaired) electrons. The van der Waals surface area contributed by atoms with Gasteiger partial charge in [-0.05, 0) is 159 Å². The maximum absolute atomic E-state index is 15.5. The number of pyridine rings is 2.